The summed E-state index contributed by atoms with van der Waals surface area (Å²) in [6, 6.07) is 10.3. The van der Waals surface area contributed by atoms with E-state index < -0.39 is 6.09 Å². The fourth-order valence-corrected chi connectivity index (χ4v) is 2.76. The number of likely N-dealkylation sites (tertiary alicyclic amines) is 1. The van der Waals surface area contributed by atoms with E-state index in [1.165, 1.54) is 5.56 Å². The summed E-state index contributed by atoms with van der Waals surface area (Å²) in [7, 11) is 0. The number of hydrogen-bond donors (Lipinski definition) is 1. The van der Waals surface area contributed by atoms with Crippen molar-refractivity contribution < 1.29 is 9.90 Å². The van der Waals surface area contributed by atoms with Crippen LogP contribution in [0.3, 0.4) is 0 Å². The molecule has 1 aromatic carbocycles. The molecule has 3 nitrogen and oxygen atoms in total. The van der Waals surface area contributed by atoms with Gasteiger partial charge < -0.3 is 10.0 Å². The maximum absolute atomic E-state index is 11.1. The van der Waals surface area contributed by atoms with Crippen LogP contribution in [0, 0.1) is 5.41 Å². The number of rotatable bonds is 1. The van der Waals surface area contributed by atoms with Crippen molar-refractivity contribution in [3.8, 4) is 0 Å². The van der Waals surface area contributed by atoms with Gasteiger partial charge in [0, 0.05) is 18.5 Å². The van der Waals surface area contributed by atoms with Crippen molar-refractivity contribution in [2.75, 3.05) is 6.54 Å². The number of nitrogens with zero attached hydrogens (tertiary/aromatic N) is 1. The molecule has 2 rings (SSSR count). The Bertz CT molecular complexity index is 408. The molecular weight excluding hydrogens is 214 g/mol. The Balaban J connectivity index is 2.24. The lowest BCUT2D eigenvalue weighted by atomic mass is 9.70. The van der Waals surface area contributed by atoms with Crippen LogP contribution in [0.25, 0.3) is 0 Å². The smallest absolute Gasteiger partial charge is 0.407 e. The monoisotopic (exact) mass is 233 g/mol. The summed E-state index contributed by atoms with van der Waals surface area (Å²) in [5, 5.41) is 9.16. The van der Waals surface area contributed by atoms with E-state index in [0.717, 1.165) is 0 Å². The molecule has 1 heterocycles. The Labute approximate surface area is 102 Å². The lowest BCUT2D eigenvalue weighted by Crippen LogP contribution is -2.62. The van der Waals surface area contributed by atoms with Gasteiger partial charge >= 0.3 is 6.09 Å². The van der Waals surface area contributed by atoms with E-state index in [9.17, 15) is 4.79 Å². The van der Waals surface area contributed by atoms with Crippen molar-refractivity contribution in [2.45, 2.75) is 32.7 Å². The van der Waals surface area contributed by atoms with Crippen LogP contribution in [-0.4, -0.2) is 28.7 Å². The molecule has 0 bridgehead atoms. The highest BCUT2D eigenvalue weighted by atomic mass is 16.4. The van der Waals surface area contributed by atoms with Crippen LogP contribution in [0.1, 0.15) is 32.3 Å². The number of carboxylic acid groups (broad SMARTS) is 1. The van der Waals surface area contributed by atoms with Gasteiger partial charge in [-0.1, -0.05) is 51.1 Å². The predicted molar refractivity (Wildman–Crippen MR) is 67.2 cm³/mol. The van der Waals surface area contributed by atoms with E-state index >= 15 is 0 Å². The normalized spacial score (nSPS) is 24.3. The molecule has 0 aromatic heterocycles. The van der Waals surface area contributed by atoms with Crippen LogP contribution in [0.2, 0.25) is 0 Å². The van der Waals surface area contributed by atoms with Gasteiger partial charge in [-0.05, 0) is 11.0 Å². The highest BCUT2D eigenvalue weighted by molar-refractivity contribution is 5.67. The molecule has 1 N–H and O–H groups in total. The molecule has 0 saturated carbocycles. The van der Waals surface area contributed by atoms with Crippen LogP contribution < -0.4 is 0 Å². The zero-order valence-electron chi connectivity index (χ0n) is 10.6. The lowest BCUT2D eigenvalue weighted by Gasteiger charge is -2.53. The molecule has 0 aliphatic carbocycles. The first-order valence-corrected chi connectivity index (χ1v) is 5.96. The third-order valence-electron chi connectivity index (χ3n) is 3.47. The molecule has 2 atom stereocenters. The maximum Gasteiger partial charge on any atom is 0.407 e. The van der Waals surface area contributed by atoms with E-state index in [4.69, 9.17) is 5.11 Å². The molecule has 1 aliphatic heterocycles. The van der Waals surface area contributed by atoms with Crippen molar-refractivity contribution in [3.05, 3.63) is 35.9 Å². The Kier molecular flexibility index (Phi) is 2.86. The molecule has 1 saturated heterocycles. The van der Waals surface area contributed by atoms with Crippen molar-refractivity contribution in [1.29, 1.82) is 0 Å². The summed E-state index contributed by atoms with van der Waals surface area (Å²) in [6.45, 7) is 6.91. The molecular formula is C14H19NO2. The molecule has 1 aromatic rings. The van der Waals surface area contributed by atoms with Crippen LogP contribution in [0.15, 0.2) is 30.3 Å². The van der Waals surface area contributed by atoms with Gasteiger partial charge in [0.2, 0.25) is 0 Å². The Morgan fingerprint density at radius 1 is 1.29 bits per heavy atom. The maximum atomic E-state index is 11.1. The molecule has 0 spiro atoms. The molecule has 2 unspecified atom stereocenters. The Hall–Kier alpha value is -1.51. The SMILES string of the molecule is CC(C)(C)C1C(c2ccccc2)CN1C(=O)O. The summed E-state index contributed by atoms with van der Waals surface area (Å²) in [5.74, 6) is 0.326. The highest BCUT2D eigenvalue weighted by Gasteiger charge is 2.48. The van der Waals surface area contributed by atoms with Crippen LogP contribution in [0.4, 0.5) is 4.79 Å². The van der Waals surface area contributed by atoms with Gasteiger partial charge in [-0.25, -0.2) is 4.79 Å². The minimum absolute atomic E-state index is 0.0306. The molecule has 92 valence electrons. The standard InChI is InChI=1S/C14H19NO2/c1-14(2,3)12-11(9-15(12)13(16)17)10-7-5-4-6-8-10/h4-8,11-12H,9H2,1-3H3,(H,16,17). The minimum atomic E-state index is -0.808. The molecule has 0 radical (unpaired) electrons. The summed E-state index contributed by atoms with van der Waals surface area (Å²) >= 11 is 0. The number of hydrogen-bond acceptors (Lipinski definition) is 1. The first-order chi connectivity index (χ1) is 7.91. The van der Waals surface area contributed by atoms with E-state index in [-0.39, 0.29) is 11.5 Å². The van der Waals surface area contributed by atoms with Crippen molar-refractivity contribution >= 4 is 6.09 Å². The van der Waals surface area contributed by atoms with Crippen molar-refractivity contribution in [2.24, 2.45) is 5.41 Å². The van der Waals surface area contributed by atoms with Gasteiger partial charge in [0.15, 0.2) is 0 Å². The summed E-state index contributed by atoms with van der Waals surface area (Å²) in [5.41, 5.74) is 1.21. The first-order valence-electron chi connectivity index (χ1n) is 5.96. The predicted octanol–water partition coefficient (Wildman–Crippen LogP) is 3.18. The third kappa shape index (κ3) is 2.14. The average molecular weight is 233 g/mol. The number of amides is 1. The van der Waals surface area contributed by atoms with E-state index in [0.29, 0.717) is 12.5 Å². The largest absolute Gasteiger partial charge is 0.465 e. The average Bonchev–Trinajstić information content (AvgIpc) is 2.14. The van der Waals surface area contributed by atoms with Gasteiger partial charge in [0.25, 0.3) is 0 Å². The van der Waals surface area contributed by atoms with Crippen molar-refractivity contribution in [1.82, 2.24) is 4.90 Å². The quantitative estimate of drug-likeness (QED) is 0.809. The Morgan fingerprint density at radius 2 is 1.88 bits per heavy atom. The van der Waals surface area contributed by atoms with Gasteiger partial charge in [-0.15, -0.1) is 0 Å². The van der Waals surface area contributed by atoms with Crippen LogP contribution in [-0.2, 0) is 0 Å². The van der Waals surface area contributed by atoms with Gasteiger partial charge in [-0.3, -0.25) is 0 Å². The van der Waals surface area contributed by atoms with Crippen molar-refractivity contribution in [3.63, 3.8) is 0 Å². The van der Waals surface area contributed by atoms with Gasteiger partial charge in [0.05, 0.1) is 0 Å². The second-order valence-corrected chi connectivity index (χ2v) is 5.76. The topological polar surface area (TPSA) is 40.5 Å². The summed E-state index contributed by atoms with van der Waals surface area (Å²) in [4.78, 5) is 12.7. The zero-order valence-corrected chi connectivity index (χ0v) is 10.6. The van der Waals surface area contributed by atoms with Crippen LogP contribution >= 0.6 is 0 Å². The van der Waals surface area contributed by atoms with E-state index in [2.05, 4.69) is 32.9 Å². The lowest BCUT2D eigenvalue weighted by molar-refractivity contribution is -0.00161. The minimum Gasteiger partial charge on any atom is -0.465 e. The first kappa shape index (κ1) is 12.0. The molecule has 1 amide bonds. The Morgan fingerprint density at radius 3 is 2.35 bits per heavy atom. The van der Waals surface area contributed by atoms with E-state index in [1.807, 2.05) is 18.2 Å². The van der Waals surface area contributed by atoms with Gasteiger partial charge in [0.1, 0.15) is 0 Å². The molecule has 1 fully saturated rings. The summed E-state index contributed by atoms with van der Waals surface area (Å²) in [6.07, 6.45) is -0.808. The fraction of sp³-hybridized carbons (Fsp3) is 0.500. The number of carbonyl (C=O) groups is 1. The summed E-state index contributed by atoms with van der Waals surface area (Å²) < 4.78 is 0. The molecule has 3 heteroatoms. The third-order valence-corrected chi connectivity index (χ3v) is 3.47. The van der Waals surface area contributed by atoms with E-state index in [1.54, 1.807) is 4.90 Å². The second-order valence-electron chi connectivity index (χ2n) is 5.76. The number of benzene rings is 1. The highest BCUT2D eigenvalue weighted by Crippen LogP contribution is 2.43. The van der Waals surface area contributed by atoms with Crippen LogP contribution in [0.5, 0.6) is 0 Å². The van der Waals surface area contributed by atoms with Gasteiger partial charge in [-0.2, -0.15) is 0 Å². The fourth-order valence-electron chi connectivity index (χ4n) is 2.76. The molecule has 1 aliphatic rings. The zero-order chi connectivity index (χ0) is 12.6. The molecule has 17 heavy (non-hydrogen) atoms. The second kappa shape index (κ2) is 4.06.